The van der Waals surface area contributed by atoms with E-state index in [1.54, 1.807) is 6.92 Å². The Bertz CT molecular complexity index is 418. The van der Waals surface area contributed by atoms with Crippen LogP contribution >= 0.6 is 0 Å². The number of benzene rings is 1. The third-order valence-electron chi connectivity index (χ3n) is 2.39. The maximum atomic E-state index is 12.6. The molecule has 0 aliphatic rings. The quantitative estimate of drug-likeness (QED) is 0.846. The molecule has 1 aromatic rings. The number of carbonyl (C=O) groups excluding carboxylic acids is 1. The van der Waals surface area contributed by atoms with Gasteiger partial charge in [-0.05, 0) is 24.2 Å². The lowest BCUT2D eigenvalue weighted by molar-refractivity contribution is -0.143. The number of ether oxygens (including phenoxy) is 1. The minimum atomic E-state index is -4.43. The highest BCUT2D eigenvalue weighted by atomic mass is 19.4. The number of esters is 1. The molecule has 1 atom stereocenters. The Labute approximate surface area is 103 Å². The molecule has 1 aromatic carbocycles. The van der Waals surface area contributed by atoms with Crippen molar-refractivity contribution in [1.82, 2.24) is 5.32 Å². The molecule has 1 N–H and O–H groups in total. The van der Waals surface area contributed by atoms with Gasteiger partial charge in [0.2, 0.25) is 0 Å². The van der Waals surface area contributed by atoms with Crippen LogP contribution in [-0.4, -0.2) is 19.6 Å². The van der Waals surface area contributed by atoms with Crippen LogP contribution in [0.1, 0.15) is 24.1 Å². The summed E-state index contributed by atoms with van der Waals surface area (Å²) in [4.78, 5) is 11.5. The first-order valence-corrected chi connectivity index (χ1v) is 5.38. The second-order valence-electron chi connectivity index (χ2n) is 3.64. The molecule has 3 nitrogen and oxygen atoms in total. The predicted molar refractivity (Wildman–Crippen MR) is 59.9 cm³/mol. The van der Waals surface area contributed by atoms with Crippen molar-refractivity contribution in [2.75, 3.05) is 13.7 Å². The average molecular weight is 261 g/mol. The lowest BCUT2D eigenvalue weighted by atomic mass is 10.0. The molecule has 1 unspecified atom stereocenters. The fourth-order valence-electron chi connectivity index (χ4n) is 1.55. The van der Waals surface area contributed by atoms with Crippen LogP contribution in [0.5, 0.6) is 0 Å². The summed E-state index contributed by atoms with van der Waals surface area (Å²) in [6, 6.07) is 3.75. The second-order valence-corrected chi connectivity index (χ2v) is 3.64. The van der Waals surface area contributed by atoms with E-state index in [-0.39, 0.29) is 5.56 Å². The zero-order valence-electron chi connectivity index (χ0n) is 10.0. The van der Waals surface area contributed by atoms with Gasteiger partial charge in [0.25, 0.3) is 0 Å². The van der Waals surface area contributed by atoms with E-state index >= 15 is 0 Å². The van der Waals surface area contributed by atoms with Gasteiger partial charge in [0.05, 0.1) is 12.7 Å². The molecule has 0 saturated heterocycles. The molecule has 0 aliphatic heterocycles. The molecule has 6 heteroatoms. The highest BCUT2D eigenvalue weighted by Gasteiger charge is 2.31. The Balaban J connectivity index is 3.09. The fraction of sp³-hybridized carbons (Fsp3) is 0.417. The van der Waals surface area contributed by atoms with Crippen molar-refractivity contribution in [1.29, 1.82) is 0 Å². The minimum absolute atomic E-state index is 0.235. The number of carbonyl (C=O) groups is 1. The molecule has 0 amide bonds. The molecular weight excluding hydrogens is 247 g/mol. The summed E-state index contributed by atoms with van der Waals surface area (Å²) in [6.45, 7) is 2.19. The Morgan fingerprint density at radius 3 is 2.61 bits per heavy atom. The van der Waals surface area contributed by atoms with E-state index in [2.05, 4.69) is 10.1 Å². The minimum Gasteiger partial charge on any atom is -0.468 e. The van der Waals surface area contributed by atoms with Crippen LogP contribution in [-0.2, 0) is 15.7 Å². The van der Waals surface area contributed by atoms with E-state index in [0.717, 1.165) is 12.1 Å². The van der Waals surface area contributed by atoms with Gasteiger partial charge in [-0.15, -0.1) is 0 Å². The van der Waals surface area contributed by atoms with Gasteiger partial charge in [0.15, 0.2) is 0 Å². The molecule has 1 rings (SSSR count). The molecule has 0 aromatic heterocycles. The third kappa shape index (κ3) is 3.46. The van der Waals surface area contributed by atoms with Gasteiger partial charge in [-0.25, -0.2) is 4.79 Å². The number of likely N-dealkylation sites (N-methyl/N-ethyl adjacent to an activating group) is 1. The first-order valence-electron chi connectivity index (χ1n) is 5.38. The van der Waals surface area contributed by atoms with Crippen molar-refractivity contribution in [3.05, 3.63) is 35.4 Å². The summed E-state index contributed by atoms with van der Waals surface area (Å²) in [5.41, 5.74) is -0.551. The topological polar surface area (TPSA) is 38.3 Å². The van der Waals surface area contributed by atoms with Crippen molar-refractivity contribution in [3.63, 3.8) is 0 Å². The lowest BCUT2D eigenvalue weighted by Crippen LogP contribution is -2.29. The number of methoxy groups -OCH3 is 1. The SMILES string of the molecule is CCNC(C(=O)OC)c1cccc(C(F)(F)F)c1. The van der Waals surface area contributed by atoms with Crippen LogP contribution in [0.4, 0.5) is 13.2 Å². The summed E-state index contributed by atoms with van der Waals surface area (Å²) in [6.07, 6.45) is -4.43. The Hall–Kier alpha value is -1.56. The average Bonchev–Trinajstić information content (AvgIpc) is 2.34. The van der Waals surface area contributed by atoms with Crippen molar-refractivity contribution < 1.29 is 22.7 Å². The van der Waals surface area contributed by atoms with Crippen LogP contribution in [0, 0.1) is 0 Å². The van der Waals surface area contributed by atoms with Crippen molar-refractivity contribution in [2.45, 2.75) is 19.1 Å². The first kappa shape index (κ1) is 14.5. The van der Waals surface area contributed by atoms with Gasteiger partial charge in [-0.2, -0.15) is 13.2 Å². The molecule has 0 saturated carbocycles. The smallest absolute Gasteiger partial charge is 0.416 e. The van der Waals surface area contributed by atoms with E-state index < -0.39 is 23.8 Å². The first-order chi connectivity index (χ1) is 8.40. The Morgan fingerprint density at radius 1 is 1.44 bits per heavy atom. The summed E-state index contributed by atoms with van der Waals surface area (Å²) >= 11 is 0. The molecule has 100 valence electrons. The third-order valence-corrected chi connectivity index (χ3v) is 2.39. The van der Waals surface area contributed by atoms with Gasteiger partial charge in [0, 0.05) is 0 Å². The largest absolute Gasteiger partial charge is 0.468 e. The highest BCUT2D eigenvalue weighted by Crippen LogP contribution is 2.30. The zero-order chi connectivity index (χ0) is 13.8. The van der Waals surface area contributed by atoms with E-state index in [0.29, 0.717) is 6.54 Å². The molecular formula is C12H14F3NO2. The molecule has 0 heterocycles. The standard InChI is InChI=1S/C12H14F3NO2/c1-3-16-10(11(17)18-2)8-5-4-6-9(7-8)12(13,14)15/h4-7,10,16H,3H2,1-2H3. The van der Waals surface area contributed by atoms with Crippen LogP contribution in [0.15, 0.2) is 24.3 Å². The number of hydrogen-bond acceptors (Lipinski definition) is 3. The molecule has 0 fully saturated rings. The molecule has 0 radical (unpaired) electrons. The number of nitrogens with one attached hydrogen (secondary N) is 1. The highest BCUT2D eigenvalue weighted by molar-refractivity contribution is 5.77. The van der Waals surface area contributed by atoms with Crippen molar-refractivity contribution in [2.24, 2.45) is 0 Å². The summed E-state index contributed by atoms with van der Waals surface area (Å²) in [5, 5.41) is 2.79. The van der Waals surface area contributed by atoms with Gasteiger partial charge in [-0.3, -0.25) is 0 Å². The maximum absolute atomic E-state index is 12.6. The van der Waals surface area contributed by atoms with E-state index in [9.17, 15) is 18.0 Å². The summed E-state index contributed by atoms with van der Waals surface area (Å²) in [5.74, 6) is -0.615. The van der Waals surface area contributed by atoms with E-state index in [1.165, 1.54) is 19.2 Å². The molecule has 0 aliphatic carbocycles. The Kier molecular flexibility index (Phi) is 4.72. The van der Waals surface area contributed by atoms with Gasteiger partial charge >= 0.3 is 12.1 Å². The zero-order valence-corrected chi connectivity index (χ0v) is 10.0. The van der Waals surface area contributed by atoms with Crippen LogP contribution in [0.2, 0.25) is 0 Å². The summed E-state index contributed by atoms with van der Waals surface area (Å²) < 4.78 is 42.3. The van der Waals surface area contributed by atoms with Crippen molar-refractivity contribution >= 4 is 5.97 Å². The van der Waals surface area contributed by atoms with Crippen LogP contribution in [0.3, 0.4) is 0 Å². The molecule has 18 heavy (non-hydrogen) atoms. The Morgan fingerprint density at radius 2 is 2.11 bits per heavy atom. The lowest BCUT2D eigenvalue weighted by Gasteiger charge is -2.17. The molecule has 0 bridgehead atoms. The van der Waals surface area contributed by atoms with Gasteiger partial charge in [-0.1, -0.05) is 19.1 Å². The normalized spacial score (nSPS) is 13.2. The predicted octanol–water partition coefficient (Wildman–Crippen LogP) is 2.53. The maximum Gasteiger partial charge on any atom is 0.416 e. The number of rotatable bonds is 4. The van der Waals surface area contributed by atoms with Gasteiger partial charge in [0.1, 0.15) is 6.04 Å². The number of alkyl halides is 3. The molecule has 0 spiro atoms. The summed E-state index contributed by atoms with van der Waals surface area (Å²) in [7, 11) is 1.19. The van der Waals surface area contributed by atoms with Crippen molar-refractivity contribution in [3.8, 4) is 0 Å². The van der Waals surface area contributed by atoms with Crippen LogP contribution in [0.25, 0.3) is 0 Å². The van der Waals surface area contributed by atoms with E-state index in [4.69, 9.17) is 0 Å². The van der Waals surface area contributed by atoms with Gasteiger partial charge < -0.3 is 10.1 Å². The monoisotopic (exact) mass is 261 g/mol. The number of halogens is 3. The second kappa shape index (κ2) is 5.86. The van der Waals surface area contributed by atoms with Crippen LogP contribution < -0.4 is 5.32 Å². The number of hydrogen-bond donors (Lipinski definition) is 1. The fourth-order valence-corrected chi connectivity index (χ4v) is 1.55. The van der Waals surface area contributed by atoms with E-state index in [1.807, 2.05) is 0 Å².